The first-order valence-corrected chi connectivity index (χ1v) is 10.4. The van der Waals surface area contributed by atoms with Gasteiger partial charge in [-0.05, 0) is 77.1 Å². The van der Waals surface area contributed by atoms with Crippen LogP contribution < -0.4 is 4.74 Å². The molecule has 0 N–H and O–H groups in total. The lowest BCUT2D eigenvalue weighted by Gasteiger charge is -2.13. The van der Waals surface area contributed by atoms with Crippen LogP contribution in [0.5, 0.6) is 5.75 Å². The van der Waals surface area contributed by atoms with Gasteiger partial charge in [0.1, 0.15) is 5.75 Å². The summed E-state index contributed by atoms with van der Waals surface area (Å²) in [6.07, 6.45) is 5.11. The van der Waals surface area contributed by atoms with E-state index < -0.39 is 0 Å². The number of allylic oxidation sites excluding steroid dienone is 5. The number of benzene rings is 3. The quantitative estimate of drug-likeness (QED) is 0.213. The molecule has 0 bridgehead atoms. The van der Waals surface area contributed by atoms with E-state index in [-0.39, 0.29) is 5.78 Å². The third-order valence-electron chi connectivity index (χ3n) is 5.56. The standard InChI is InChI=1S/C30H28O2/c1-7-23(17-22(5)28-16-14-25(29(31)8-2)19-30(28)32-6)24-13-15-27(21(4)18-24)26-12-10-9-11-20(26)3/h7-19H,1-2,5H2,3-4,6H3/b23-17+. The Hall–Kier alpha value is -3.91. The first-order valence-electron chi connectivity index (χ1n) is 10.4. The first-order chi connectivity index (χ1) is 15.4. The zero-order valence-electron chi connectivity index (χ0n) is 18.9. The van der Waals surface area contributed by atoms with E-state index in [0.29, 0.717) is 11.3 Å². The number of methoxy groups -OCH3 is 1. The highest BCUT2D eigenvalue weighted by molar-refractivity contribution is 6.05. The Labute approximate surface area is 190 Å². The minimum absolute atomic E-state index is 0.146. The van der Waals surface area contributed by atoms with Crippen LogP contribution in [-0.4, -0.2) is 12.9 Å². The first kappa shape index (κ1) is 22.8. The molecule has 0 heterocycles. The van der Waals surface area contributed by atoms with Crippen molar-refractivity contribution >= 4 is 16.9 Å². The highest BCUT2D eigenvalue weighted by Crippen LogP contribution is 2.32. The molecule has 0 fully saturated rings. The van der Waals surface area contributed by atoms with E-state index in [1.807, 2.05) is 18.2 Å². The van der Waals surface area contributed by atoms with Crippen molar-refractivity contribution in [3.63, 3.8) is 0 Å². The van der Waals surface area contributed by atoms with Gasteiger partial charge >= 0.3 is 0 Å². The molecule has 3 aromatic carbocycles. The average Bonchev–Trinajstić information content (AvgIpc) is 2.81. The summed E-state index contributed by atoms with van der Waals surface area (Å²) in [6, 6.07) is 20.2. The zero-order valence-corrected chi connectivity index (χ0v) is 18.9. The maximum absolute atomic E-state index is 11.9. The second-order valence-electron chi connectivity index (χ2n) is 7.66. The van der Waals surface area contributed by atoms with Gasteiger partial charge in [-0.25, -0.2) is 0 Å². The van der Waals surface area contributed by atoms with Crippen LogP contribution in [0.3, 0.4) is 0 Å². The zero-order chi connectivity index (χ0) is 23.3. The number of ether oxygens (including phenoxy) is 1. The van der Waals surface area contributed by atoms with Gasteiger partial charge in [-0.2, -0.15) is 0 Å². The molecule has 0 aliphatic heterocycles. The van der Waals surface area contributed by atoms with Crippen molar-refractivity contribution in [1.82, 2.24) is 0 Å². The SMILES string of the molecule is C=CC(=O)c1ccc(C(=C)/C=C(\C=C)c2ccc(-c3ccccc3C)c(C)c2)c(OC)c1. The molecule has 0 amide bonds. The fraction of sp³-hybridized carbons (Fsp3) is 0.100. The molecule has 0 saturated carbocycles. The molecule has 32 heavy (non-hydrogen) atoms. The third kappa shape index (κ3) is 4.70. The molecule has 0 aliphatic rings. The minimum atomic E-state index is -0.146. The molecule has 0 atom stereocenters. The van der Waals surface area contributed by atoms with Gasteiger partial charge in [0.25, 0.3) is 0 Å². The largest absolute Gasteiger partial charge is 0.496 e. The van der Waals surface area contributed by atoms with E-state index in [1.54, 1.807) is 19.2 Å². The van der Waals surface area contributed by atoms with Gasteiger partial charge in [-0.15, -0.1) is 0 Å². The lowest BCUT2D eigenvalue weighted by molar-refractivity contribution is 0.104. The molecule has 3 aromatic rings. The molecular weight excluding hydrogens is 392 g/mol. The van der Waals surface area contributed by atoms with Crippen molar-refractivity contribution in [3.8, 4) is 16.9 Å². The number of rotatable bonds is 8. The lowest BCUT2D eigenvalue weighted by atomic mass is 9.92. The summed E-state index contributed by atoms with van der Waals surface area (Å²) in [4.78, 5) is 11.9. The molecule has 3 rings (SSSR count). The van der Waals surface area contributed by atoms with Crippen molar-refractivity contribution in [1.29, 1.82) is 0 Å². The van der Waals surface area contributed by atoms with Gasteiger partial charge in [0.15, 0.2) is 5.78 Å². The number of carbonyl (C=O) groups excluding carboxylic acids is 1. The van der Waals surface area contributed by atoms with Crippen LogP contribution in [0, 0.1) is 13.8 Å². The fourth-order valence-electron chi connectivity index (χ4n) is 3.77. The van der Waals surface area contributed by atoms with Crippen LogP contribution in [0.25, 0.3) is 22.3 Å². The van der Waals surface area contributed by atoms with Crippen LogP contribution in [0.15, 0.2) is 98.6 Å². The number of carbonyl (C=O) groups is 1. The van der Waals surface area contributed by atoms with Crippen molar-refractivity contribution in [2.75, 3.05) is 7.11 Å². The Morgan fingerprint density at radius 3 is 2.16 bits per heavy atom. The van der Waals surface area contributed by atoms with Crippen molar-refractivity contribution < 1.29 is 9.53 Å². The molecular formula is C30H28O2. The molecule has 0 aliphatic carbocycles. The van der Waals surface area contributed by atoms with Crippen LogP contribution in [0.4, 0.5) is 0 Å². The van der Waals surface area contributed by atoms with Gasteiger partial charge < -0.3 is 4.74 Å². The van der Waals surface area contributed by atoms with E-state index in [4.69, 9.17) is 4.74 Å². The van der Waals surface area contributed by atoms with E-state index >= 15 is 0 Å². The van der Waals surface area contributed by atoms with Gasteiger partial charge in [-0.1, -0.05) is 74.3 Å². The molecule has 0 spiro atoms. The van der Waals surface area contributed by atoms with Gasteiger partial charge in [-0.3, -0.25) is 4.79 Å². The van der Waals surface area contributed by atoms with Gasteiger partial charge in [0.2, 0.25) is 0 Å². The molecule has 0 aromatic heterocycles. The summed E-state index contributed by atoms with van der Waals surface area (Å²) in [5.74, 6) is 0.445. The van der Waals surface area contributed by atoms with Crippen LogP contribution in [0.1, 0.15) is 32.6 Å². The maximum Gasteiger partial charge on any atom is 0.185 e. The maximum atomic E-state index is 11.9. The molecule has 2 heteroatoms. The predicted octanol–water partition coefficient (Wildman–Crippen LogP) is 7.63. The third-order valence-corrected chi connectivity index (χ3v) is 5.56. The number of hydrogen-bond donors (Lipinski definition) is 0. The van der Waals surface area contributed by atoms with E-state index in [1.165, 1.54) is 28.3 Å². The fourth-order valence-corrected chi connectivity index (χ4v) is 3.77. The number of hydrogen-bond acceptors (Lipinski definition) is 2. The molecule has 0 saturated heterocycles. The second-order valence-corrected chi connectivity index (χ2v) is 7.66. The van der Waals surface area contributed by atoms with E-state index in [0.717, 1.165) is 22.3 Å². The Bertz CT molecular complexity index is 1240. The summed E-state index contributed by atoms with van der Waals surface area (Å²) in [5, 5.41) is 0. The summed E-state index contributed by atoms with van der Waals surface area (Å²) < 4.78 is 5.52. The minimum Gasteiger partial charge on any atom is -0.496 e. The van der Waals surface area contributed by atoms with Crippen LogP contribution in [0.2, 0.25) is 0 Å². The van der Waals surface area contributed by atoms with Gasteiger partial charge in [0.05, 0.1) is 7.11 Å². The normalized spacial score (nSPS) is 11.0. The summed E-state index contributed by atoms with van der Waals surface area (Å²) in [5.41, 5.74) is 9.06. The van der Waals surface area contributed by atoms with Crippen molar-refractivity contribution in [2.45, 2.75) is 13.8 Å². The molecule has 0 radical (unpaired) electrons. The van der Waals surface area contributed by atoms with Crippen LogP contribution in [-0.2, 0) is 0 Å². The summed E-state index contributed by atoms with van der Waals surface area (Å²) in [6.45, 7) is 16.0. The Balaban J connectivity index is 1.97. The molecule has 0 unspecified atom stereocenters. The average molecular weight is 421 g/mol. The second kappa shape index (κ2) is 9.93. The summed E-state index contributed by atoms with van der Waals surface area (Å²) in [7, 11) is 1.58. The van der Waals surface area contributed by atoms with E-state index in [2.05, 4.69) is 76.0 Å². The molecule has 2 nitrogen and oxygen atoms in total. The summed E-state index contributed by atoms with van der Waals surface area (Å²) >= 11 is 0. The Morgan fingerprint density at radius 2 is 1.53 bits per heavy atom. The predicted molar refractivity (Wildman–Crippen MR) is 136 cm³/mol. The van der Waals surface area contributed by atoms with Crippen LogP contribution >= 0.6 is 0 Å². The monoisotopic (exact) mass is 420 g/mol. The van der Waals surface area contributed by atoms with Gasteiger partial charge in [0, 0.05) is 11.1 Å². The Morgan fingerprint density at radius 1 is 0.844 bits per heavy atom. The highest BCUT2D eigenvalue weighted by atomic mass is 16.5. The van der Waals surface area contributed by atoms with Crippen molar-refractivity contribution in [3.05, 3.63) is 126 Å². The van der Waals surface area contributed by atoms with E-state index in [9.17, 15) is 4.79 Å². The topological polar surface area (TPSA) is 26.3 Å². The highest BCUT2D eigenvalue weighted by Gasteiger charge is 2.11. The number of ketones is 1. The lowest BCUT2D eigenvalue weighted by Crippen LogP contribution is -1.97. The molecule has 160 valence electrons. The Kier molecular flexibility index (Phi) is 7.07. The number of aryl methyl sites for hydroxylation is 2. The van der Waals surface area contributed by atoms with Crippen molar-refractivity contribution in [2.24, 2.45) is 0 Å². The smallest absolute Gasteiger partial charge is 0.185 e.